The molecule has 0 saturated carbocycles. The van der Waals surface area contributed by atoms with Crippen molar-refractivity contribution in [2.45, 2.75) is 53.1 Å². The first-order valence-corrected chi connectivity index (χ1v) is 6.35. The minimum Gasteiger partial charge on any atom is -0.391 e. The third-order valence-corrected chi connectivity index (χ3v) is 3.84. The van der Waals surface area contributed by atoms with Gasteiger partial charge in [-0.3, -0.25) is 14.5 Å². The van der Waals surface area contributed by atoms with Crippen LogP contribution in [0.4, 0.5) is 0 Å². The lowest BCUT2D eigenvalue weighted by molar-refractivity contribution is -0.143. The van der Waals surface area contributed by atoms with Crippen molar-refractivity contribution in [1.29, 1.82) is 0 Å². The predicted octanol–water partition coefficient (Wildman–Crippen LogP) is 1.57. The highest BCUT2D eigenvalue weighted by molar-refractivity contribution is 6.05. The third kappa shape index (κ3) is 2.68. The molecule has 1 N–H and O–H groups in total. The van der Waals surface area contributed by atoms with Gasteiger partial charge in [0.2, 0.25) is 11.8 Å². The van der Waals surface area contributed by atoms with E-state index in [9.17, 15) is 14.7 Å². The van der Waals surface area contributed by atoms with Gasteiger partial charge in [-0.1, -0.05) is 27.2 Å². The summed E-state index contributed by atoms with van der Waals surface area (Å²) in [6.07, 6.45) is 1.14. The first-order chi connectivity index (χ1) is 7.82. The largest absolute Gasteiger partial charge is 0.391 e. The maximum Gasteiger partial charge on any atom is 0.235 e. The first kappa shape index (κ1) is 14.2. The Morgan fingerprint density at radius 3 is 2.41 bits per heavy atom. The summed E-state index contributed by atoms with van der Waals surface area (Å²) in [5.74, 6) is -0.152. The Morgan fingerprint density at radius 1 is 1.41 bits per heavy atom. The molecule has 4 nitrogen and oxygen atoms in total. The van der Waals surface area contributed by atoms with E-state index in [1.165, 1.54) is 4.90 Å². The normalized spacial score (nSPS) is 27.1. The van der Waals surface area contributed by atoms with Crippen molar-refractivity contribution in [2.75, 3.05) is 6.54 Å². The number of aliphatic hydroxyl groups is 1. The second-order valence-electron chi connectivity index (χ2n) is 5.50. The van der Waals surface area contributed by atoms with Crippen LogP contribution in [0, 0.1) is 11.3 Å². The van der Waals surface area contributed by atoms with Crippen molar-refractivity contribution >= 4 is 11.8 Å². The molecule has 0 bridgehead atoms. The topological polar surface area (TPSA) is 57.6 Å². The lowest BCUT2D eigenvalue weighted by Crippen LogP contribution is -2.40. The summed E-state index contributed by atoms with van der Waals surface area (Å²) in [4.78, 5) is 25.3. The van der Waals surface area contributed by atoms with Crippen molar-refractivity contribution < 1.29 is 14.7 Å². The van der Waals surface area contributed by atoms with E-state index in [1.54, 1.807) is 0 Å². The smallest absolute Gasteiger partial charge is 0.235 e. The highest BCUT2D eigenvalue weighted by Crippen LogP contribution is 2.39. The highest BCUT2D eigenvalue weighted by atomic mass is 16.3. The van der Waals surface area contributed by atoms with Crippen LogP contribution in [0.1, 0.15) is 47.0 Å². The molecular formula is C13H23NO3. The molecule has 0 aliphatic carbocycles. The molecule has 1 fully saturated rings. The zero-order valence-electron chi connectivity index (χ0n) is 11.2. The summed E-state index contributed by atoms with van der Waals surface area (Å²) in [6.45, 7) is 7.86. The van der Waals surface area contributed by atoms with Crippen LogP contribution >= 0.6 is 0 Å². The van der Waals surface area contributed by atoms with E-state index in [0.29, 0.717) is 6.42 Å². The van der Waals surface area contributed by atoms with E-state index < -0.39 is 11.5 Å². The maximum atomic E-state index is 12.2. The predicted molar refractivity (Wildman–Crippen MR) is 65.2 cm³/mol. The first-order valence-electron chi connectivity index (χ1n) is 6.35. The molecule has 0 spiro atoms. The molecule has 0 aromatic heterocycles. The number of nitrogens with zero attached hydrogens (tertiary/aromatic N) is 1. The van der Waals surface area contributed by atoms with Crippen LogP contribution in [0.15, 0.2) is 0 Å². The summed E-state index contributed by atoms with van der Waals surface area (Å²) in [6, 6.07) is 0. The van der Waals surface area contributed by atoms with Crippen molar-refractivity contribution in [3.63, 3.8) is 0 Å². The van der Waals surface area contributed by atoms with Gasteiger partial charge in [0.1, 0.15) is 0 Å². The third-order valence-electron chi connectivity index (χ3n) is 3.84. The van der Waals surface area contributed by atoms with Crippen molar-refractivity contribution in [2.24, 2.45) is 11.3 Å². The van der Waals surface area contributed by atoms with Gasteiger partial charge in [0, 0.05) is 6.42 Å². The summed E-state index contributed by atoms with van der Waals surface area (Å²) in [5, 5.41) is 9.71. The van der Waals surface area contributed by atoms with Crippen LogP contribution < -0.4 is 0 Å². The molecule has 17 heavy (non-hydrogen) atoms. The number of carbonyl (C=O) groups is 2. The molecule has 1 heterocycles. The molecule has 1 rings (SSSR count). The van der Waals surface area contributed by atoms with Gasteiger partial charge in [-0.2, -0.15) is 0 Å². The fourth-order valence-corrected chi connectivity index (χ4v) is 2.18. The Balaban J connectivity index is 2.76. The lowest BCUT2D eigenvalue weighted by atomic mass is 9.78. The van der Waals surface area contributed by atoms with Crippen molar-refractivity contribution in [3.05, 3.63) is 0 Å². The fraction of sp³-hybridized carbons (Fsp3) is 0.846. The molecule has 4 heteroatoms. The average Bonchev–Trinajstić information content (AvgIpc) is 2.44. The maximum absolute atomic E-state index is 12.2. The van der Waals surface area contributed by atoms with E-state index in [2.05, 4.69) is 0 Å². The zero-order chi connectivity index (χ0) is 13.2. The van der Waals surface area contributed by atoms with Gasteiger partial charge < -0.3 is 5.11 Å². The second-order valence-corrected chi connectivity index (χ2v) is 5.50. The minimum absolute atomic E-state index is 0.132. The van der Waals surface area contributed by atoms with Gasteiger partial charge in [-0.05, 0) is 19.3 Å². The number of imide groups is 1. The highest BCUT2D eigenvalue weighted by Gasteiger charge is 2.50. The van der Waals surface area contributed by atoms with Crippen LogP contribution in [0.25, 0.3) is 0 Å². The molecule has 1 saturated heterocycles. The van der Waals surface area contributed by atoms with Crippen LogP contribution in [0.3, 0.4) is 0 Å². The number of likely N-dealkylation sites (tertiary alicyclic amines) is 1. The number of aliphatic hydroxyl groups excluding tert-OH is 1. The summed E-state index contributed by atoms with van der Waals surface area (Å²) in [5.41, 5.74) is -0.594. The monoisotopic (exact) mass is 241 g/mol. The molecular weight excluding hydrogens is 218 g/mol. The molecule has 2 atom stereocenters. The Kier molecular flexibility index (Phi) is 4.31. The number of rotatable bonds is 5. The van der Waals surface area contributed by atoms with E-state index in [4.69, 9.17) is 0 Å². The molecule has 1 aliphatic rings. The molecule has 0 aromatic carbocycles. The van der Waals surface area contributed by atoms with Crippen molar-refractivity contribution in [3.8, 4) is 0 Å². The number of carbonyl (C=O) groups excluding carboxylic acids is 2. The number of amides is 2. The summed E-state index contributed by atoms with van der Waals surface area (Å²) < 4.78 is 0. The number of hydrogen-bond acceptors (Lipinski definition) is 3. The van der Waals surface area contributed by atoms with E-state index >= 15 is 0 Å². The molecule has 1 aliphatic heterocycles. The Morgan fingerprint density at radius 2 is 2.00 bits per heavy atom. The van der Waals surface area contributed by atoms with Gasteiger partial charge in [0.15, 0.2) is 0 Å². The molecule has 0 radical (unpaired) electrons. The van der Waals surface area contributed by atoms with E-state index in [0.717, 1.165) is 6.42 Å². The Bertz CT molecular complexity index is 314. The quantitative estimate of drug-likeness (QED) is 0.743. The summed E-state index contributed by atoms with van der Waals surface area (Å²) >= 11 is 0. The van der Waals surface area contributed by atoms with Crippen LogP contribution in [0.5, 0.6) is 0 Å². The standard InChI is InChI=1S/C13H23NO3/c1-5-6-10(15)8-14-11(16)7-13(4,9(2)3)12(14)17/h9-10,15H,5-8H2,1-4H3. The molecule has 0 aromatic rings. The molecule has 2 amide bonds. The van der Waals surface area contributed by atoms with Gasteiger partial charge in [0.25, 0.3) is 0 Å². The number of hydrogen-bond donors (Lipinski definition) is 1. The van der Waals surface area contributed by atoms with Gasteiger partial charge in [-0.25, -0.2) is 0 Å². The Hall–Kier alpha value is -0.900. The van der Waals surface area contributed by atoms with E-state index in [-0.39, 0.29) is 30.7 Å². The number of β-amino-alcohol motifs (C(OH)–C–C–N with tert-alkyl or cyclic N) is 1. The Labute approximate surface area is 103 Å². The SMILES string of the molecule is CCCC(O)CN1C(=O)CC(C)(C(C)C)C1=O. The van der Waals surface area contributed by atoms with Gasteiger partial charge in [-0.15, -0.1) is 0 Å². The minimum atomic E-state index is -0.595. The van der Waals surface area contributed by atoms with Crippen molar-refractivity contribution in [1.82, 2.24) is 4.90 Å². The second kappa shape index (κ2) is 5.17. The fourth-order valence-electron chi connectivity index (χ4n) is 2.18. The van der Waals surface area contributed by atoms with Crippen LogP contribution in [0.2, 0.25) is 0 Å². The van der Waals surface area contributed by atoms with Gasteiger partial charge >= 0.3 is 0 Å². The van der Waals surface area contributed by atoms with Crippen LogP contribution in [-0.2, 0) is 9.59 Å². The van der Waals surface area contributed by atoms with Gasteiger partial charge in [0.05, 0.1) is 18.1 Å². The zero-order valence-corrected chi connectivity index (χ0v) is 11.2. The molecule has 2 unspecified atom stereocenters. The van der Waals surface area contributed by atoms with E-state index in [1.807, 2.05) is 27.7 Å². The average molecular weight is 241 g/mol. The lowest BCUT2D eigenvalue weighted by Gasteiger charge is -2.26. The molecule has 98 valence electrons. The van der Waals surface area contributed by atoms with Crippen LogP contribution in [-0.4, -0.2) is 34.5 Å². The summed E-state index contributed by atoms with van der Waals surface area (Å²) in [7, 11) is 0.